The van der Waals surface area contributed by atoms with Gasteiger partial charge in [0.25, 0.3) is 0 Å². The van der Waals surface area contributed by atoms with Crippen LogP contribution in [0.4, 0.5) is 4.79 Å². The van der Waals surface area contributed by atoms with Gasteiger partial charge < -0.3 is 14.4 Å². The van der Waals surface area contributed by atoms with Gasteiger partial charge in [0, 0.05) is 75.3 Å². The highest BCUT2D eigenvalue weighted by molar-refractivity contribution is 6.51. The summed E-state index contributed by atoms with van der Waals surface area (Å²) in [7, 11) is 0. The van der Waals surface area contributed by atoms with Crippen molar-refractivity contribution < 1.29 is 28.1 Å². The topological polar surface area (TPSA) is 104 Å². The van der Waals surface area contributed by atoms with Gasteiger partial charge in [-0.25, -0.2) is 9.78 Å². The second-order valence-corrected chi connectivity index (χ2v) is 9.36. The minimum atomic E-state index is -3.68. The molecule has 7 rings (SSSR count). The number of ketones is 2. The number of benzene rings is 1. The smallest absolute Gasteiger partial charge is 0.320 e. The molecule has 0 atom stereocenters. The number of rotatable bonds is 2. The zero-order valence-corrected chi connectivity index (χ0v) is 20.4. The van der Waals surface area contributed by atoms with E-state index < -0.39 is 49.7 Å². The monoisotopic (exact) mass is 528 g/mol. The number of allylic oxidation sites excluding steroid dienone is 2. The summed E-state index contributed by atoms with van der Waals surface area (Å²) in [4.78, 5) is 46.0. The quantitative estimate of drug-likeness (QED) is 0.366. The van der Waals surface area contributed by atoms with Crippen LogP contribution in [0.2, 0.25) is 0 Å². The molecular formula is C30H26N6O3. The second-order valence-electron chi connectivity index (χ2n) is 9.36. The zero-order chi connectivity index (χ0) is 35.6. The summed E-state index contributed by atoms with van der Waals surface area (Å²) >= 11 is 0. The molecule has 194 valence electrons. The van der Waals surface area contributed by atoms with Gasteiger partial charge in [-0.15, -0.1) is 0 Å². The summed E-state index contributed by atoms with van der Waals surface area (Å²) in [5, 5.41) is 10.4. The Kier molecular flexibility index (Phi) is 3.45. The van der Waals surface area contributed by atoms with Gasteiger partial charge in [-0.05, 0) is 48.9 Å². The standard InChI is InChI=1S/C30H26N6O3/c31-15-19-12-20-17-35(30(39)33-7-3-1-4-8-33)11-10-34-18-22(21(13-19)29(20)34)27-24(37)14-25(38)28(27)23-16-32-26-6-2-5-9-36(23)26/h2,5-6,9,12-13,16,18H,1,3-4,7-8,10-11,14,17H2/i1D2,3D2,4D2,7D2,8D2. The number of hydrogen-bond donors (Lipinski definition) is 0. The number of carbonyl (C=O) groups excluding carboxylic acids is 3. The average molecular weight is 529 g/mol. The number of pyridine rings is 1. The molecule has 0 unspecified atom stereocenters. The normalized spacial score (nSPS) is 28.1. The van der Waals surface area contributed by atoms with Crippen LogP contribution in [0.3, 0.4) is 0 Å². The van der Waals surface area contributed by atoms with Crippen molar-refractivity contribution in [2.75, 3.05) is 19.5 Å². The van der Waals surface area contributed by atoms with Crippen molar-refractivity contribution in [1.82, 2.24) is 23.8 Å². The third kappa shape index (κ3) is 3.67. The summed E-state index contributed by atoms with van der Waals surface area (Å²) in [6.07, 6.45) is -6.57. The first-order chi connectivity index (χ1) is 22.8. The van der Waals surface area contributed by atoms with E-state index in [-0.39, 0.29) is 47.7 Å². The lowest BCUT2D eigenvalue weighted by Crippen LogP contribution is -2.45. The van der Waals surface area contributed by atoms with Crippen molar-refractivity contribution in [3.63, 3.8) is 0 Å². The molecule has 0 N–H and O–H groups in total. The molecule has 2 amide bonds. The molecule has 1 aromatic carbocycles. The highest BCUT2D eigenvalue weighted by Crippen LogP contribution is 2.41. The number of aromatic nitrogens is 3. The van der Waals surface area contributed by atoms with Crippen molar-refractivity contribution in [2.45, 2.75) is 38.6 Å². The van der Waals surface area contributed by atoms with Crippen LogP contribution in [0.15, 0.2) is 48.9 Å². The van der Waals surface area contributed by atoms with Crippen LogP contribution >= 0.6 is 0 Å². The van der Waals surface area contributed by atoms with E-state index in [1.807, 2.05) is 6.07 Å². The third-order valence-electron chi connectivity index (χ3n) is 7.15. The van der Waals surface area contributed by atoms with Crippen LogP contribution in [0, 0.1) is 11.3 Å². The summed E-state index contributed by atoms with van der Waals surface area (Å²) in [5.41, 5.74) is 2.59. The van der Waals surface area contributed by atoms with Crippen molar-refractivity contribution >= 4 is 45.3 Å². The first kappa shape index (κ1) is 15.0. The average Bonchev–Trinajstić information content (AvgIpc) is 3.65. The Bertz CT molecular complexity index is 2200. The fourth-order valence-electron chi connectivity index (χ4n) is 5.50. The molecular weight excluding hydrogens is 492 g/mol. The van der Waals surface area contributed by atoms with E-state index in [1.165, 1.54) is 12.3 Å². The highest BCUT2D eigenvalue weighted by Gasteiger charge is 2.36. The maximum absolute atomic E-state index is 14.1. The number of Topliss-reactive ketones (excluding diaryl/α,β-unsaturated/α-hetero) is 2. The number of imidazole rings is 1. The Morgan fingerprint density at radius 2 is 1.85 bits per heavy atom. The first-order valence-electron chi connectivity index (χ1n) is 17.2. The number of nitriles is 1. The van der Waals surface area contributed by atoms with Gasteiger partial charge in [0.2, 0.25) is 0 Å². The molecule has 9 nitrogen and oxygen atoms in total. The van der Waals surface area contributed by atoms with Crippen LogP contribution in [-0.2, 0) is 22.7 Å². The molecule has 5 heterocycles. The largest absolute Gasteiger partial charge is 0.345 e. The molecule has 9 heteroatoms. The van der Waals surface area contributed by atoms with Crippen molar-refractivity contribution in [3.05, 3.63) is 71.3 Å². The van der Waals surface area contributed by atoms with Crippen LogP contribution in [-0.4, -0.2) is 60.9 Å². The Balaban J connectivity index is 1.36. The number of piperidine rings is 1. The molecule has 1 aliphatic carbocycles. The summed E-state index contributed by atoms with van der Waals surface area (Å²) in [6, 6.07) is 8.93. The number of hydrogen-bond acceptors (Lipinski definition) is 5. The fraction of sp³-hybridized carbons (Fsp3) is 0.300. The molecule has 3 aromatic heterocycles. The number of fused-ring (bicyclic) bond motifs is 1. The van der Waals surface area contributed by atoms with Gasteiger partial charge >= 0.3 is 6.03 Å². The molecule has 0 bridgehead atoms. The van der Waals surface area contributed by atoms with E-state index in [0.29, 0.717) is 33.4 Å². The molecule has 4 aromatic rings. The van der Waals surface area contributed by atoms with E-state index in [0.717, 1.165) is 4.90 Å². The Morgan fingerprint density at radius 3 is 2.67 bits per heavy atom. The van der Waals surface area contributed by atoms with Gasteiger partial charge in [0.15, 0.2) is 11.6 Å². The highest BCUT2D eigenvalue weighted by atomic mass is 16.2. The van der Waals surface area contributed by atoms with Gasteiger partial charge in [-0.3, -0.25) is 14.0 Å². The second kappa shape index (κ2) is 8.95. The Labute approximate surface area is 238 Å². The fourth-order valence-corrected chi connectivity index (χ4v) is 5.50. The van der Waals surface area contributed by atoms with Gasteiger partial charge in [-0.2, -0.15) is 5.26 Å². The first-order valence-corrected chi connectivity index (χ1v) is 12.2. The van der Waals surface area contributed by atoms with E-state index in [1.54, 1.807) is 45.6 Å². The zero-order valence-electron chi connectivity index (χ0n) is 30.4. The molecule has 0 saturated carbocycles. The van der Waals surface area contributed by atoms with E-state index in [4.69, 9.17) is 13.7 Å². The summed E-state index contributed by atoms with van der Waals surface area (Å²) < 4.78 is 86.2. The molecule has 3 aliphatic rings. The van der Waals surface area contributed by atoms with Crippen LogP contribution in [0.1, 0.15) is 61.6 Å². The number of urea groups is 1. The van der Waals surface area contributed by atoms with Crippen LogP contribution in [0.25, 0.3) is 27.7 Å². The maximum atomic E-state index is 14.1. The molecule has 1 fully saturated rings. The lowest BCUT2D eigenvalue weighted by Gasteiger charge is -2.32. The number of amides is 2. The Hall–Kier alpha value is -4.71. The van der Waals surface area contributed by atoms with Crippen molar-refractivity contribution in [2.24, 2.45) is 0 Å². The summed E-state index contributed by atoms with van der Waals surface area (Å²) in [6.45, 7) is -7.88. The van der Waals surface area contributed by atoms with Crippen LogP contribution in [0.5, 0.6) is 0 Å². The Morgan fingerprint density at radius 1 is 1.03 bits per heavy atom. The maximum Gasteiger partial charge on any atom is 0.320 e. The SMILES string of the molecule is [2H]C1([2H])N(C(=O)N2CCn3cc(C4=C(c5cnc6ccccn56)C(=O)CC4=O)c4cc(C#N)cc(c43)C2)C([2H])([2H])C([2H])([2H])C([2H])([2H])C1([2H])[2H]. The number of carbonyl (C=O) groups is 3. The minimum absolute atomic E-state index is 0.0119. The molecule has 0 spiro atoms. The number of nitrogens with zero attached hydrogens (tertiary/aromatic N) is 6. The molecule has 39 heavy (non-hydrogen) atoms. The lowest BCUT2D eigenvalue weighted by atomic mass is 9.96. The predicted octanol–water partition coefficient (Wildman–Crippen LogP) is 4.03. The van der Waals surface area contributed by atoms with E-state index in [9.17, 15) is 19.6 Å². The van der Waals surface area contributed by atoms with Crippen molar-refractivity contribution in [1.29, 1.82) is 5.26 Å². The molecule has 2 aliphatic heterocycles. The molecule has 0 radical (unpaired) electrons. The lowest BCUT2D eigenvalue weighted by molar-refractivity contribution is -0.119. The summed E-state index contributed by atoms with van der Waals surface area (Å²) in [5.74, 6) is -0.832. The van der Waals surface area contributed by atoms with Crippen molar-refractivity contribution in [3.8, 4) is 6.07 Å². The predicted molar refractivity (Wildman–Crippen MR) is 145 cm³/mol. The van der Waals surface area contributed by atoms with E-state index >= 15 is 0 Å². The minimum Gasteiger partial charge on any atom is -0.345 e. The number of likely N-dealkylation sites (tertiary alicyclic amines) is 1. The third-order valence-corrected chi connectivity index (χ3v) is 7.15. The van der Waals surface area contributed by atoms with Gasteiger partial charge in [-0.1, -0.05) is 6.07 Å². The molecule has 1 saturated heterocycles. The van der Waals surface area contributed by atoms with E-state index in [2.05, 4.69) is 4.98 Å². The van der Waals surface area contributed by atoms with Crippen LogP contribution < -0.4 is 0 Å². The van der Waals surface area contributed by atoms with Gasteiger partial charge in [0.05, 0.1) is 41.0 Å². The van der Waals surface area contributed by atoms with Gasteiger partial charge in [0.1, 0.15) is 5.65 Å².